The molecule has 0 amide bonds. The van der Waals surface area contributed by atoms with Gasteiger partial charge in [-0.1, -0.05) is 52.9 Å². The smallest absolute Gasteiger partial charge is 0.306 e. The lowest BCUT2D eigenvalue weighted by Crippen LogP contribution is -2.57. The number of aliphatic hydroxyl groups excluding tert-OH is 1. The van der Waals surface area contributed by atoms with Crippen LogP contribution in [-0.2, 0) is 32.9 Å². The molecule has 3 fully saturated rings. The first-order valence-electron chi connectivity index (χ1n) is 14.9. The van der Waals surface area contributed by atoms with Crippen LogP contribution in [0.4, 0.5) is 0 Å². The van der Waals surface area contributed by atoms with E-state index in [9.17, 15) is 9.90 Å². The van der Waals surface area contributed by atoms with E-state index >= 15 is 0 Å². The first kappa shape index (κ1) is 32.0. The zero-order valence-corrected chi connectivity index (χ0v) is 26.1. The molecule has 3 aliphatic heterocycles. The number of aliphatic hydroxyl groups is 1. The van der Waals surface area contributed by atoms with Gasteiger partial charge in [-0.2, -0.15) is 0 Å². The molecule has 0 radical (unpaired) electrons. The van der Waals surface area contributed by atoms with Crippen LogP contribution in [0, 0.1) is 0 Å². The number of ether oxygens (including phenoxy) is 5. The van der Waals surface area contributed by atoms with Crippen LogP contribution in [0.2, 0.25) is 18.1 Å². The van der Waals surface area contributed by atoms with Crippen LogP contribution in [0.25, 0.3) is 0 Å². The van der Waals surface area contributed by atoms with E-state index < -0.39 is 45.3 Å². The molecule has 0 aromatic heterocycles. The van der Waals surface area contributed by atoms with E-state index in [0.29, 0.717) is 12.8 Å². The Morgan fingerprint density at radius 2 is 1.42 bits per heavy atom. The molecule has 3 heterocycles. The first-order valence-corrected chi connectivity index (χ1v) is 17.8. The van der Waals surface area contributed by atoms with Gasteiger partial charge in [0.25, 0.3) is 0 Å². The quantitative estimate of drug-likeness (QED) is 0.334. The van der Waals surface area contributed by atoms with Gasteiger partial charge in [-0.15, -0.1) is 0 Å². The van der Waals surface area contributed by atoms with E-state index in [1.54, 1.807) is 0 Å². The second-order valence-electron chi connectivity index (χ2n) is 13.2. The Labute approximate surface area is 231 Å². The summed E-state index contributed by atoms with van der Waals surface area (Å²) in [6.07, 6.45) is 4.48. The van der Waals surface area contributed by atoms with Crippen molar-refractivity contribution < 1.29 is 38.0 Å². The van der Waals surface area contributed by atoms with Gasteiger partial charge in [-0.25, -0.2) is 0 Å². The molecule has 3 aliphatic rings. The molecule has 0 aliphatic carbocycles. The molecule has 0 unspecified atom stereocenters. The maximum Gasteiger partial charge on any atom is 0.306 e. The van der Waals surface area contributed by atoms with Crippen molar-refractivity contribution >= 4 is 14.3 Å². The maximum atomic E-state index is 12.7. The van der Waals surface area contributed by atoms with E-state index in [4.69, 9.17) is 28.1 Å². The Morgan fingerprint density at radius 3 is 2.11 bits per heavy atom. The fourth-order valence-electron chi connectivity index (χ4n) is 5.12. The molecule has 9 atom stereocenters. The van der Waals surface area contributed by atoms with Gasteiger partial charge in [0.1, 0.15) is 6.10 Å². The number of carbonyl (C=O) groups is 1. The zero-order chi connectivity index (χ0) is 28.1. The van der Waals surface area contributed by atoms with E-state index in [1.807, 2.05) is 13.8 Å². The standard InChI is InChI=1S/C29H54O8Si/c1-19-15-13-11-9-10-12-14-16-26(31)35-24-17-22(30)20(2)33-28(24)36-25-18-23(21(3)34-27(25)32-19)37-38(7,8)29(4,5)6/h19-25,27-28,30H,9-18H2,1-8H3/t19-,20+,21+,22-,23-,24-,25-,27-,28+/m1/s1. The highest BCUT2D eigenvalue weighted by atomic mass is 28.4. The lowest BCUT2D eigenvalue weighted by molar-refractivity contribution is -0.336. The summed E-state index contributed by atoms with van der Waals surface area (Å²) >= 11 is 0. The summed E-state index contributed by atoms with van der Waals surface area (Å²) < 4.78 is 38.1. The molecule has 3 rings (SSSR count). The van der Waals surface area contributed by atoms with Crippen LogP contribution in [0.3, 0.4) is 0 Å². The molecule has 0 saturated carbocycles. The zero-order valence-electron chi connectivity index (χ0n) is 25.1. The normalized spacial score (nSPS) is 39.4. The van der Waals surface area contributed by atoms with Crippen LogP contribution in [0.1, 0.15) is 106 Å². The second kappa shape index (κ2) is 13.9. The number of rotatable bonds is 2. The van der Waals surface area contributed by atoms with Gasteiger partial charge in [0.2, 0.25) is 0 Å². The van der Waals surface area contributed by atoms with Gasteiger partial charge in [0.05, 0.1) is 30.5 Å². The third-order valence-corrected chi connectivity index (χ3v) is 13.3. The van der Waals surface area contributed by atoms with Crippen LogP contribution in [0.15, 0.2) is 0 Å². The summed E-state index contributed by atoms with van der Waals surface area (Å²) in [6.45, 7) is 17.1. The molecule has 0 spiro atoms. The van der Waals surface area contributed by atoms with Crippen LogP contribution < -0.4 is 0 Å². The van der Waals surface area contributed by atoms with E-state index in [0.717, 1.165) is 44.9 Å². The van der Waals surface area contributed by atoms with Gasteiger partial charge in [0.15, 0.2) is 27.0 Å². The fourth-order valence-corrected chi connectivity index (χ4v) is 6.51. The predicted molar refractivity (Wildman–Crippen MR) is 148 cm³/mol. The summed E-state index contributed by atoms with van der Waals surface area (Å²) in [5.74, 6) is -0.271. The van der Waals surface area contributed by atoms with Crippen molar-refractivity contribution in [3.63, 3.8) is 0 Å². The van der Waals surface area contributed by atoms with Crippen LogP contribution in [-0.4, -0.2) is 74.7 Å². The lowest BCUT2D eigenvalue weighted by atomic mass is 10.0. The van der Waals surface area contributed by atoms with Gasteiger partial charge in [0, 0.05) is 19.3 Å². The Balaban J connectivity index is 1.83. The highest BCUT2D eigenvalue weighted by Gasteiger charge is 2.47. The third-order valence-electron chi connectivity index (χ3n) is 8.76. The largest absolute Gasteiger partial charge is 0.457 e. The predicted octanol–water partition coefficient (Wildman–Crippen LogP) is 5.84. The Hall–Kier alpha value is -0.553. The number of carbonyl (C=O) groups excluding carboxylic acids is 1. The molecular weight excluding hydrogens is 504 g/mol. The molecule has 0 aromatic rings. The molecular formula is C29H54O8Si. The summed E-state index contributed by atoms with van der Waals surface area (Å²) in [5.41, 5.74) is 0. The van der Waals surface area contributed by atoms with Gasteiger partial charge < -0.3 is 33.2 Å². The van der Waals surface area contributed by atoms with Gasteiger partial charge in [-0.3, -0.25) is 4.79 Å². The summed E-state index contributed by atoms with van der Waals surface area (Å²) in [7, 11) is -2.06. The molecule has 38 heavy (non-hydrogen) atoms. The Bertz CT molecular complexity index is 741. The SMILES string of the molecule is C[C@@H]1CCCCCCCCC(=O)O[C@@H]2C[C@@H](O)[C@H](C)O[C@H]2O[C@@H]2C[C@@H](O[Si](C)(C)C(C)(C)C)[C@H](C)O[C@H]2O1. The van der Waals surface area contributed by atoms with Crippen molar-refractivity contribution in [1.82, 2.24) is 0 Å². The monoisotopic (exact) mass is 558 g/mol. The van der Waals surface area contributed by atoms with Gasteiger partial charge >= 0.3 is 5.97 Å². The highest BCUT2D eigenvalue weighted by Crippen LogP contribution is 2.40. The minimum atomic E-state index is -2.06. The molecule has 3 saturated heterocycles. The number of hydrogen-bond acceptors (Lipinski definition) is 8. The topological polar surface area (TPSA) is 92.7 Å². The number of hydrogen-bond donors (Lipinski definition) is 1. The molecule has 222 valence electrons. The Kier molecular flexibility index (Phi) is 11.7. The summed E-state index contributed by atoms with van der Waals surface area (Å²) in [6, 6.07) is 0. The minimum absolute atomic E-state index is 0.0217. The first-order chi connectivity index (χ1) is 17.8. The number of fused-ring (bicyclic) bond motifs is 2. The van der Waals surface area contributed by atoms with Crippen LogP contribution >= 0.6 is 0 Å². The van der Waals surface area contributed by atoms with Crippen molar-refractivity contribution in [2.45, 2.75) is 179 Å². The molecule has 8 nitrogen and oxygen atoms in total. The highest BCUT2D eigenvalue weighted by molar-refractivity contribution is 6.74. The van der Waals surface area contributed by atoms with Crippen molar-refractivity contribution in [3.8, 4) is 0 Å². The summed E-state index contributed by atoms with van der Waals surface area (Å²) in [4.78, 5) is 12.7. The average molecular weight is 559 g/mol. The Morgan fingerprint density at radius 1 is 0.816 bits per heavy atom. The lowest BCUT2D eigenvalue weighted by Gasteiger charge is -2.47. The van der Waals surface area contributed by atoms with E-state index in [-0.39, 0.29) is 35.7 Å². The molecule has 9 heteroatoms. The van der Waals surface area contributed by atoms with Crippen molar-refractivity contribution in [3.05, 3.63) is 0 Å². The van der Waals surface area contributed by atoms with Crippen molar-refractivity contribution in [2.75, 3.05) is 0 Å². The second-order valence-corrected chi connectivity index (χ2v) is 17.9. The molecule has 0 bridgehead atoms. The molecule has 0 aromatic carbocycles. The van der Waals surface area contributed by atoms with Gasteiger partial charge in [-0.05, 0) is 51.7 Å². The summed E-state index contributed by atoms with van der Waals surface area (Å²) in [5, 5.41) is 10.5. The maximum absolute atomic E-state index is 12.7. The van der Waals surface area contributed by atoms with E-state index in [1.165, 1.54) is 0 Å². The third kappa shape index (κ3) is 8.98. The fraction of sp³-hybridized carbons (Fsp3) is 0.966. The van der Waals surface area contributed by atoms with Crippen molar-refractivity contribution in [1.29, 1.82) is 0 Å². The van der Waals surface area contributed by atoms with E-state index in [2.05, 4.69) is 40.8 Å². The minimum Gasteiger partial charge on any atom is -0.457 e. The van der Waals surface area contributed by atoms with Crippen LogP contribution in [0.5, 0.6) is 0 Å². The number of esters is 1. The molecule has 1 N–H and O–H groups in total. The van der Waals surface area contributed by atoms with Crippen molar-refractivity contribution in [2.24, 2.45) is 0 Å². The average Bonchev–Trinajstić information content (AvgIpc) is 2.80.